The number of nitrogens with zero attached hydrogens (tertiary/aromatic N) is 3. The van der Waals surface area contributed by atoms with Crippen molar-refractivity contribution < 1.29 is 14.3 Å². The Bertz CT molecular complexity index is 507. The molecule has 0 saturated heterocycles. The summed E-state index contributed by atoms with van der Waals surface area (Å²) in [6, 6.07) is 0. The van der Waals surface area contributed by atoms with Gasteiger partial charge in [0.25, 0.3) is 0 Å². The lowest BCUT2D eigenvalue weighted by molar-refractivity contribution is -0.159. The van der Waals surface area contributed by atoms with Gasteiger partial charge >= 0.3 is 17.4 Å². The van der Waals surface area contributed by atoms with Crippen LogP contribution >= 0.6 is 12.6 Å². The Morgan fingerprint density at radius 3 is 2.61 bits per heavy atom. The fraction of sp³-hybridized carbons (Fsp3) is 0.600. The first-order chi connectivity index (χ1) is 8.21. The van der Waals surface area contributed by atoms with Crippen molar-refractivity contribution in [3.05, 3.63) is 10.4 Å². The van der Waals surface area contributed by atoms with Crippen molar-refractivity contribution in [2.45, 2.75) is 25.9 Å². The summed E-state index contributed by atoms with van der Waals surface area (Å²) in [6.07, 6.45) is 0. The van der Waals surface area contributed by atoms with E-state index >= 15 is 0 Å². The summed E-state index contributed by atoms with van der Waals surface area (Å²) in [4.78, 5) is 26.3. The van der Waals surface area contributed by atoms with Crippen LogP contribution in [0.4, 0.5) is 0 Å². The molecule has 0 spiro atoms. The summed E-state index contributed by atoms with van der Waals surface area (Å²) < 4.78 is 11.0. The highest BCUT2D eigenvalue weighted by Gasteiger charge is 2.23. The first-order valence-electron chi connectivity index (χ1n) is 5.14. The first kappa shape index (κ1) is 14.4. The van der Waals surface area contributed by atoms with Crippen molar-refractivity contribution in [1.82, 2.24) is 14.8 Å². The molecule has 1 aromatic heterocycles. The summed E-state index contributed by atoms with van der Waals surface area (Å²) >= 11 is 4.75. The summed E-state index contributed by atoms with van der Waals surface area (Å²) in [5.74, 6) is -0.694. The maximum atomic E-state index is 11.4. The van der Waals surface area contributed by atoms with Crippen LogP contribution < -0.4 is 10.3 Å². The largest absolute Gasteiger partial charge is 0.435 e. The SMILES string of the molecule is Cn1nc(OCOC(=O)C(C)(C)C)c(=O)nc1[S]. The third-order valence-corrected chi connectivity index (χ3v) is 2.25. The van der Waals surface area contributed by atoms with E-state index in [1.165, 1.54) is 11.7 Å². The molecular formula is C10H14N3O4S. The number of esters is 1. The molecule has 0 unspecified atom stereocenters. The predicted molar refractivity (Wildman–Crippen MR) is 64.2 cm³/mol. The lowest BCUT2D eigenvalue weighted by Gasteiger charge is -2.16. The van der Waals surface area contributed by atoms with Gasteiger partial charge in [-0.2, -0.15) is 4.98 Å². The molecule has 0 aliphatic carbocycles. The van der Waals surface area contributed by atoms with Gasteiger partial charge in [-0.25, -0.2) is 4.68 Å². The average Bonchev–Trinajstić information content (AvgIpc) is 2.23. The Kier molecular flexibility index (Phi) is 4.23. The molecule has 0 aliphatic rings. The van der Waals surface area contributed by atoms with E-state index in [1.807, 2.05) is 0 Å². The zero-order chi connectivity index (χ0) is 13.9. The summed E-state index contributed by atoms with van der Waals surface area (Å²) in [6.45, 7) is 4.73. The number of aryl methyl sites for hydroxylation is 1. The van der Waals surface area contributed by atoms with E-state index in [1.54, 1.807) is 20.8 Å². The van der Waals surface area contributed by atoms with E-state index < -0.39 is 23.7 Å². The molecule has 0 atom stereocenters. The molecule has 0 aromatic carbocycles. The molecule has 0 N–H and O–H groups in total. The van der Waals surface area contributed by atoms with Crippen molar-refractivity contribution in [2.24, 2.45) is 12.5 Å². The zero-order valence-corrected chi connectivity index (χ0v) is 11.4. The monoisotopic (exact) mass is 272 g/mol. The molecule has 18 heavy (non-hydrogen) atoms. The van der Waals surface area contributed by atoms with Gasteiger partial charge in [-0.15, -0.1) is 5.10 Å². The number of carbonyl (C=O) groups excluding carboxylic acids is 1. The molecule has 99 valence electrons. The molecule has 1 rings (SSSR count). The molecule has 8 heteroatoms. The topological polar surface area (TPSA) is 83.3 Å². The fourth-order valence-corrected chi connectivity index (χ4v) is 0.998. The van der Waals surface area contributed by atoms with E-state index in [4.69, 9.17) is 22.1 Å². The van der Waals surface area contributed by atoms with Crippen LogP contribution in [0.5, 0.6) is 5.88 Å². The van der Waals surface area contributed by atoms with Crippen LogP contribution in [0.15, 0.2) is 9.95 Å². The van der Waals surface area contributed by atoms with Gasteiger partial charge < -0.3 is 9.47 Å². The number of hydrogen-bond donors (Lipinski definition) is 0. The van der Waals surface area contributed by atoms with Gasteiger partial charge in [-0.3, -0.25) is 9.59 Å². The summed E-state index contributed by atoms with van der Waals surface area (Å²) in [5, 5.41) is 3.81. The van der Waals surface area contributed by atoms with E-state index in [-0.39, 0.29) is 11.0 Å². The molecule has 0 amide bonds. The van der Waals surface area contributed by atoms with Crippen LogP contribution in [0.2, 0.25) is 0 Å². The van der Waals surface area contributed by atoms with Crippen molar-refractivity contribution in [3.63, 3.8) is 0 Å². The zero-order valence-electron chi connectivity index (χ0n) is 10.6. The second kappa shape index (κ2) is 5.30. The Labute approximate surface area is 110 Å². The van der Waals surface area contributed by atoms with Gasteiger partial charge in [0.15, 0.2) is 0 Å². The fourth-order valence-electron chi connectivity index (χ4n) is 0.875. The number of carbonyl (C=O) groups is 1. The molecule has 1 heterocycles. The van der Waals surface area contributed by atoms with Crippen LogP contribution in [-0.2, 0) is 16.6 Å². The Balaban J connectivity index is 2.63. The highest BCUT2D eigenvalue weighted by Crippen LogP contribution is 2.14. The molecule has 0 fully saturated rings. The van der Waals surface area contributed by atoms with Crippen LogP contribution in [-0.4, -0.2) is 27.5 Å². The van der Waals surface area contributed by atoms with Crippen LogP contribution in [0.25, 0.3) is 0 Å². The van der Waals surface area contributed by atoms with E-state index in [0.717, 1.165) is 0 Å². The van der Waals surface area contributed by atoms with Crippen molar-refractivity contribution in [3.8, 4) is 5.88 Å². The molecule has 0 aliphatic heterocycles. The molecule has 0 saturated carbocycles. The Morgan fingerprint density at radius 2 is 2.06 bits per heavy atom. The van der Waals surface area contributed by atoms with Crippen molar-refractivity contribution in [2.75, 3.05) is 6.79 Å². The van der Waals surface area contributed by atoms with E-state index in [9.17, 15) is 9.59 Å². The minimum atomic E-state index is -0.690. The molecule has 0 bridgehead atoms. The van der Waals surface area contributed by atoms with Gasteiger partial charge in [0, 0.05) is 7.05 Å². The normalized spacial score (nSPS) is 11.1. The van der Waals surface area contributed by atoms with Gasteiger partial charge in [0.05, 0.1) is 5.41 Å². The average molecular weight is 272 g/mol. The number of aromatic nitrogens is 3. The molecular weight excluding hydrogens is 258 g/mol. The van der Waals surface area contributed by atoms with Crippen molar-refractivity contribution in [1.29, 1.82) is 0 Å². The van der Waals surface area contributed by atoms with Gasteiger partial charge in [0.1, 0.15) is 0 Å². The van der Waals surface area contributed by atoms with Crippen molar-refractivity contribution >= 4 is 18.6 Å². The van der Waals surface area contributed by atoms with E-state index in [0.29, 0.717) is 0 Å². The maximum Gasteiger partial charge on any atom is 0.336 e. The number of rotatable bonds is 3. The smallest absolute Gasteiger partial charge is 0.336 e. The number of hydrogen-bond acceptors (Lipinski definition) is 6. The first-order valence-corrected chi connectivity index (χ1v) is 5.55. The third kappa shape index (κ3) is 3.66. The van der Waals surface area contributed by atoms with Gasteiger partial charge in [-0.1, -0.05) is 0 Å². The molecule has 1 radical (unpaired) electrons. The summed E-state index contributed by atoms with van der Waals surface area (Å²) in [5.41, 5.74) is -1.32. The van der Waals surface area contributed by atoms with Crippen LogP contribution in [0.1, 0.15) is 20.8 Å². The maximum absolute atomic E-state index is 11.4. The van der Waals surface area contributed by atoms with Crippen LogP contribution in [0.3, 0.4) is 0 Å². The lowest BCUT2D eigenvalue weighted by atomic mass is 9.98. The second-order valence-corrected chi connectivity index (χ2v) is 4.94. The minimum absolute atomic E-state index is 0.0547. The Hall–Kier alpha value is -1.70. The third-order valence-electron chi connectivity index (χ3n) is 1.90. The minimum Gasteiger partial charge on any atom is -0.435 e. The summed E-state index contributed by atoms with van der Waals surface area (Å²) in [7, 11) is 1.53. The molecule has 7 nitrogen and oxygen atoms in total. The van der Waals surface area contributed by atoms with Gasteiger partial charge in [0.2, 0.25) is 11.9 Å². The Morgan fingerprint density at radius 1 is 1.44 bits per heavy atom. The molecule has 1 aromatic rings. The predicted octanol–water partition coefficient (Wildman–Crippen LogP) is 0.657. The highest BCUT2D eigenvalue weighted by atomic mass is 32.1. The second-order valence-electron chi connectivity index (χ2n) is 4.57. The lowest BCUT2D eigenvalue weighted by Crippen LogP contribution is -2.26. The van der Waals surface area contributed by atoms with E-state index in [2.05, 4.69) is 10.1 Å². The van der Waals surface area contributed by atoms with Crippen LogP contribution in [0, 0.1) is 5.41 Å². The van der Waals surface area contributed by atoms with Gasteiger partial charge in [-0.05, 0) is 33.4 Å². The number of ether oxygens (including phenoxy) is 2. The quantitative estimate of drug-likeness (QED) is 0.593. The highest BCUT2D eigenvalue weighted by molar-refractivity contribution is 7.80. The standard InChI is InChI=1S/C10H14N3O4S/c1-10(2,3)8(15)17-5-16-7-6(14)11-9(18)13(4)12-7/h5H2,1-4H3.